The van der Waals surface area contributed by atoms with Crippen LogP contribution in [0.4, 0.5) is 5.69 Å². The van der Waals surface area contributed by atoms with Gasteiger partial charge in [-0.15, -0.1) is 0 Å². The Kier molecular flexibility index (Phi) is 6.59. The normalized spacial score (nSPS) is 11.8. The Bertz CT molecular complexity index is 984. The lowest BCUT2D eigenvalue weighted by atomic mass is 10.1. The third kappa shape index (κ3) is 5.37. The van der Waals surface area contributed by atoms with Gasteiger partial charge in [0.25, 0.3) is 5.91 Å². The molecule has 0 heterocycles. The minimum Gasteiger partial charge on any atom is -0.493 e. The van der Waals surface area contributed by atoms with Crippen molar-refractivity contribution < 1.29 is 22.7 Å². The van der Waals surface area contributed by atoms with Gasteiger partial charge in [0.05, 0.1) is 24.1 Å². The highest BCUT2D eigenvalue weighted by molar-refractivity contribution is 7.89. The van der Waals surface area contributed by atoms with Gasteiger partial charge in [-0.1, -0.05) is 17.7 Å². The molecule has 0 aliphatic carbocycles. The molecule has 0 aliphatic rings. The minimum atomic E-state index is -3.73. The van der Waals surface area contributed by atoms with Crippen molar-refractivity contribution in [1.29, 1.82) is 0 Å². The molecule has 9 heteroatoms. The van der Waals surface area contributed by atoms with Gasteiger partial charge in [0, 0.05) is 16.8 Å². The van der Waals surface area contributed by atoms with Crippen molar-refractivity contribution in [3.8, 4) is 11.5 Å². The molecule has 0 saturated carbocycles. The molecule has 1 amide bonds. The summed E-state index contributed by atoms with van der Waals surface area (Å²) in [7, 11) is -0.844. The van der Waals surface area contributed by atoms with Gasteiger partial charge in [-0.25, -0.2) is 13.1 Å². The lowest BCUT2D eigenvalue weighted by Crippen LogP contribution is -2.40. The fourth-order valence-corrected chi connectivity index (χ4v) is 4.21. The summed E-state index contributed by atoms with van der Waals surface area (Å²) in [5.74, 6) is 0.161. The first kappa shape index (κ1) is 22.0. The molecule has 0 aliphatic heterocycles. The number of nitrogens with one attached hydrogen (secondary N) is 2. The lowest BCUT2D eigenvalue weighted by Gasteiger charge is -2.20. The summed E-state index contributed by atoms with van der Waals surface area (Å²) >= 11 is 6.13. The Hall–Kier alpha value is -2.29. The molecule has 0 spiro atoms. The second-order valence-electron chi connectivity index (χ2n) is 7.03. The van der Waals surface area contributed by atoms with E-state index >= 15 is 0 Å². The molecule has 7 nitrogen and oxygen atoms in total. The molecule has 0 bridgehead atoms. The molecule has 2 rings (SSSR count). The quantitative estimate of drug-likeness (QED) is 0.734. The maximum atomic E-state index is 12.6. The first-order valence-corrected chi connectivity index (χ1v) is 10.2. The van der Waals surface area contributed by atoms with Crippen LogP contribution in [0.15, 0.2) is 41.3 Å². The van der Waals surface area contributed by atoms with Crippen molar-refractivity contribution in [2.24, 2.45) is 0 Å². The van der Waals surface area contributed by atoms with Crippen LogP contribution in [0, 0.1) is 0 Å². The third-order valence-electron chi connectivity index (χ3n) is 3.54. The molecule has 2 aromatic carbocycles. The van der Waals surface area contributed by atoms with Crippen LogP contribution in [-0.2, 0) is 10.0 Å². The summed E-state index contributed by atoms with van der Waals surface area (Å²) in [6.07, 6.45) is 0. The van der Waals surface area contributed by atoms with Crippen LogP contribution < -0.4 is 19.5 Å². The largest absolute Gasteiger partial charge is 0.493 e. The number of ether oxygens (including phenoxy) is 2. The van der Waals surface area contributed by atoms with E-state index in [0.29, 0.717) is 17.2 Å². The highest BCUT2D eigenvalue weighted by atomic mass is 35.5. The summed E-state index contributed by atoms with van der Waals surface area (Å²) in [4.78, 5) is 12.6. The molecular formula is C19H23ClN2O5S. The topological polar surface area (TPSA) is 93.7 Å². The molecule has 0 atom stereocenters. The molecule has 0 fully saturated rings. The summed E-state index contributed by atoms with van der Waals surface area (Å²) in [5.41, 5.74) is -0.0643. The number of hydrogen-bond donors (Lipinski definition) is 2. The van der Waals surface area contributed by atoms with Gasteiger partial charge in [0.1, 0.15) is 0 Å². The molecule has 0 unspecified atom stereocenters. The average Bonchev–Trinajstić information content (AvgIpc) is 2.59. The van der Waals surface area contributed by atoms with Crippen LogP contribution in [0.1, 0.15) is 31.1 Å². The second kappa shape index (κ2) is 8.38. The van der Waals surface area contributed by atoms with Gasteiger partial charge in [-0.2, -0.15) is 0 Å². The molecule has 0 saturated heterocycles. The van der Waals surface area contributed by atoms with Crippen molar-refractivity contribution in [1.82, 2.24) is 4.72 Å². The summed E-state index contributed by atoms with van der Waals surface area (Å²) < 4.78 is 37.9. The molecule has 2 aromatic rings. The van der Waals surface area contributed by atoms with E-state index in [1.54, 1.807) is 32.9 Å². The van der Waals surface area contributed by atoms with Gasteiger partial charge < -0.3 is 14.8 Å². The molecule has 28 heavy (non-hydrogen) atoms. The monoisotopic (exact) mass is 426 g/mol. The average molecular weight is 427 g/mol. The van der Waals surface area contributed by atoms with E-state index in [0.717, 1.165) is 0 Å². The van der Waals surface area contributed by atoms with E-state index < -0.39 is 21.5 Å². The van der Waals surface area contributed by atoms with E-state index in [1.807, 2.05) is 0 Å². The lowest BCUT2D eigenvalue weighted by molar-refractivity contribution is 0.102. The second-order valence-corrected chi connectivity index (χ2v) is 9.12. The van der Waals surface area contributed by atoms with Crippen LogP contribution in [0.25, 0.3) is 0 Å². The van der Waals surface area contributed by atoms with Crippen LogP contribution in [0.5, 0.6) is 11.5 Å². The maximum Gasteiger partial charge on any atom is 0.255 e. The summed E-state index contributed by atoms with van der Waals surface area (Å²) in [6.45, 7) is 5.24. The number of benzene rings is 2. The number of methoxy groups -OCH3 is 2. The molecule has 152 valence electrons. The number of carbonyl (C=O) groups excluding carboxylic acids is 1. The highest BCUT2D eigenvalue weighted by Crippen LogP contribution is 2.36. The zero-order chi connectivity index (χ0) is 21.1. The van der Waals surface area contributed by atoms with Gasteiger partial charge in [0.2, 0.25) is 10.0 Å². The van der Waals surface area contributed by atoms with Gasteiger partial charge in [-0.3, -0.25) is 4.79 Å². The summed E-state index contributed by atoms with van der Waals surface area (Å²) in [5, 5.41) is 2.88. The number of anilines is 1. The van der Waals surface area contributed by atoms with Crippen molar-refractivity contribution >= 4 is 33.2 Å². The van der Waals surface area contributed by atoms with E-state index in [9.17, 15) is 13.2 Å². The summed E-state index contributed by atoms with van der Waals surface area (Å²) in [6, 6.07) is 8.91. The number of rotatable bonds is 6. The van der Waals surface area contributed by atoms with Crippen molar-refractivity contribution in [2.75, 3.05) is 19.5 Å². The van der Waals surface area contributed by atoms with Crippen molar-refractivity contribution in [2.45, 2.75) is 31.2 Å². The predicted octanol–water partition coefficient (Wildman–Crippen LogP) is 3.69. The fourth-order valence-electron chi connectivity index (χ4n) is 2.46. The van der Waals surface area contributed by atoms with Crippen LogP contribution in [0.3, 0.4) is 0 Å². The van der Waals surface area contributed by atoms with Crippen molar-refractivity contribution in [3.63, 3.8) is 0 Å². The number of hydrogen-bond acceptors (Lipinski definition) is 5. The Morgan fingerprint density at radius 3 is 2.32 bits per heavy atom. The van der Waals surface area contributed by atoms with E-state index in [4.69, 9.17) is 21.1 Å². The van der Waals surface area contributed by atoms with E-state index in [2.05, 4.69) is 10.0 Å². The third-order valence-corrected chi connectivity index (χ3v) is 5.57. The fraction of sp³-hybridized carbons (Fsp3) is 0.316. The van der Waals surface area contributed by atoms with Crippen LogP contribution in [0.2, 0.25) is 5.02 Å². The maximum absolute atomic E-state index is 12.6. The smallest absolute Gasteiger partial charge is 0.255 e. The van der Waals surface area contributed by atoms with Crippen molar-refractivity contribution in [3.05, 3.63) is 47.0 Å². The molecule has 0 radical (unpaired) electrons. The van der Waals surface area contributed by atoms with Gasteiger partial charge in [-0.05, 0) is 51.1 Å². The van der Waals surface area contributed by atoms with Gasteiger partial charge in [0.15, 0.2) is 11.5 Å². The Morgan fingerprint density at radius 1 is 1.07 bits per heavy atom. The Labute approximate surface area is 170 Å². The zero-order valence-electron chi connectivity index (χ0n) is 16.3. The number of amides is 1. The predicted molar refractivity (Wildman–Crippen MR) is 109 cm³/mol. The number of sulfonamides is 1. The molecule has 0 aromatic heterocycles. The first-order chi connectivity index (χ1) is 13.0. The Balaban J connectivity index is 2.30. The van der Waals surface area contributed by atoms with Crippen LogP contribution in [-0.4, -0.2) is 34.1 Å². The number of carbonyl (C=O) groups is 1. The minimum absolute atomic E-state index is 0.0468. The Morgan fingerprint density at radius 2 is 1.75 bits per heavy atom. The SMILES string of the molecule is COc1cc(C(=O)Nc2cccc(S(=O)(=O)NC(C)(C)C)c2)cc(Cl)c1OC. The van der Waals surface area contributed by atoms with E-state index in [1.165, 1.54) is 38.5 Å². The molecular weight excluding hydrogens is 404 g/mol. The highest BCUT2D eigenvalue weighted by Gasteiger charge is 2.22. The standard InChI is InChI=1S/C19H23ClN2O5S/c1-19(2,3)22-28(24,25)14-8-6-7-13(11-14)21-18(23)12-9-15(20)17(27-5)16(10-12)26-4/h6-11,22H,1-5H3,(H,21,23). The molecule has 2 N–H and O–H groups in total. The van der Waals surface area contributed by atoms with E-state index in [-0.39, 0.29) is 15.5 Å². The zero-order valence-corrected chi connectivity index (χ0v) is 17.9. The number of halogens is 1. The van der Waals surface area contributed by atoms with Gasteiger partial charge >= 0.3 is 0 Å². The first-order valence-electron chi connectivity index (χ1n) is 8.34. The van der Waals surface area contributed by atoms with Crippen LogP contribution >= 0.6 is 11.6 Å².